The van der Waals surface area contributed by atoms with Crippen LogP contribution in [0.15, 0.2) is 18.2 Å². The average Bonchev–Trinajstić information content (AvgIpc) is 2.46. The summed E-state index contributed by atoms with van der Waals surface area (Å²) < 4.78 is 0. The Bertz CT molecular complexity index is 511. The van der Waals surface area contributed by atoms with Gasteiger partial charge in [0.15, 0.2) is 0 Å². The zero-order valence-corrected chi connectivity index (χ0v) is 12.7. The maximum Gasteiger partial charge on any atom is 0.254 e. The van der Waals surface area contributed by atoms with Crippen LogP contribution in [0.2, 0.25) is 0 Å². The largest absolute Gasteiger partial charge is 0.339 e. The Morgan fingerprint density at radius 1 is 1.35 bits per heavy atom. The predicted octanol–water partition coefficient (Wildman–Crippen LogP) is 2.57. The maximum absolute atomic E-state index is 12.6. The van der Waals surface area contributed by atoms with Gasteiger partial charge in [-0.15, -0.1) is 0 Å². The normalized spacial score (nSPS) is 9.80. The third kappa shape index (κ3) is 4.11. The van der Waals surface area contributed by atoms with E-state index >= 15 is 0 Å². The fourth-order valence-corrected chi connectivity index (χ4v) is 2.07. The molecule has 1 rings (SSSR count). The number of carbonyl (C=O) groups excluding carboxylic acids is 1. The van der Waals surface area contributed by atoms with Crippen LogP contribution in [-0.4, -0.2) is 30.4 Å². The number of benzene rings is 1. The molecule has 20 heavy (non-hydrogen) atoms. The molecule has 3 heteroatoms. The van der Waals surface area contributed by atoms with Crippen LogP contribution in [-0.2, 0) is 0 Å². The van der Waals surface area contributed by atoms with Crippen molar-refractivity contribution in [2.75, 3.05) is 19.6 Å². The number of rotatable bonds is 5. The van der Waals surface area contributed by atoms with Crippen molar-refractivity contribution < 1.29 is 4.79 Å². The van der Waals surface area contributed by atoms with Crippen molar-refractivity contribution in [1.82, 2.24) is 4.90 Å². The first-order chi connectivity index (χ1) is 9.65. The molecule has 0 aliphatic rings. The van der Waals surface area contributed by atoms with Crippen molar-refractivity contribution >= 4 is 5.91 Å². The Morgan fingerprint density at radius 2 is 2.10 bits per heavy atom. The smallest absolute Gasteiger partial charge is 0.254 e. The second-order valence-corrected chi connectivity index (χ2v) is 4.72. The standard InChI is InChI=1S/C17H24N2O/c1-4-6-13-19(5-2)17(20)16-11-7-9-15(14(16)3)10-8-12-18/h7,9,11H,4-6,12-13,18H2,1-3H3. The fraction of sp³-hybridized carbons (Fsp3) is 0.471. The van der Waals surface area contributed by atoms with Gasteiger partial charge in [0, 0.05) is 24.2 Å². The van der Waals surface area contributed by atoms with Crippen LogP contribution in [0.3, 0.4) is 0 Å². The second kappa shape index (κ2) is 8.39. The van der Waals surface area contributed by atoms with Crippen molar-refractivity contribution in [3.63, 3.8) is 0 Å². The van der Waals surface area contributed by atoms with Crippen LogP contribution in [0.1, 0.15) is 48.2 Å². The van der Waals surface area contributed by atoms with E-state index < -0.39 is 0 Å². The molecule has 0 bridgehead atoms. The van der Waals surface area contributed by atoms with E-state index in [0.29, 0.717) is 6.54 Å². The molecule has 0 atom stereocenters. The van der Waals surface area contributed by atoms with Gasteiger partial charge in [-0.3, -0.25) is 4.79 Å². The van der Waals surface area contributed by atoms with Gasteiger partial charge in [-0.1, -0.05) is 31.3 Å². The minimum Gasteiger partial charge on any atom is -0.339 e. The molecule has 3 nitrogen and oxygen atoms in total. The van der Waals surface area contributed by atoms with E-state index in [9.17, 15) is 4.79 Å². The molecule has 0 heterocycles. The monoisotopic (exact) mass is 272 g/mol. The van der Waals surface area contributed by atoms with Crippen LogP contribution in [0.25, 0.3) is 0 Å². The zero-order chi connectivity index (χ0) is 15.0. The number of carbonyl (C=O) groups is 1. The van der Waals surface area contributed by atoms with Crippen molar-refractivity contribution in [3.05, 3.63) is 34.9 Å². The van der Waals surface area contributed by atoms with Crippen molar-refractivity contribution in [2.24, 2.45) is 5.73 Å². The Morgan fingerprint density at radius 3 is 2.70 bits per heavy atom. The van der Waals surface area contributed by atoms with Crippen LogP contribution >= 0.6 is 0 Å². The quantitative estimate of drug-likeness (QED) is 0.837. The molecule has 0 saturated heterocycles. The highest BCUT2D eigenvalue weighted by molar-refractivity contribution is 5.96. The maximum atomic E-state index is 12.6. The highest BCUT2D eigenvalue weighted by atomic mass is 16.2. The summed E-state index contributed by atoms with van der Waals surface area (Å²) in [5.41, 5.74) is 7.96. The topological polar surface area (TPSA) is 46.3 Å². The minimum absolute atomic E-state index is 0.0925. The van der Waals surface area contributed by atoms with Crippen LogP contribution in [0.4, 0.5) is 0 Å². The van der Waals surface area contributed by atoms with E-state index in [1.54, 1.807) is 0 Å². The average molecular weight is 272 g/mol. The molecule has 0 radical (unpaired) electrons. The molecular weight excluding hydrogens is 248 g/mol. The van der Waals surface area contributed by atoms with Gasteiger partial charge in [0.1, 0.15) is 0 Å². The molecule has 108 valence electrons. The molecule has 0 aromatic heterocycles. The van der Waals surface area contributed by atoms with Gasteiger partial charge in [-0.2, -0.15) is 0 Å². The molecule has 0 fully saturated rings. The summed E-state index contributed by atoms with van der Waals surface area (Å²) in [4.78, 5) is 14.5. The first kappa shape index (κ1) is 16.3. The van der Waals surface area contributed by atoms with Gasteiger partial charge in [0.25, 0.3) is 5.91 Å². The number of hydrogen-bond acceptors (Lipinski definition) is 2. The minimum atomic E-state index is 0.0925. The lowest BCUT2D eigenvalue weighted by Crippen LogP contribution is -2.32. The summed E-state index contributed by atoms with van der Waals surface area (Å²) in [5.74, 6) is 5.96. The number of hydrogen-bond donors (Lipinski definition) is 1. The lowest BCUT2D eigenvalue weighted by molar-refractivity contribution is 0.0761. The molecule has 0 aliphatic carbocycles. The zero-order valence-electron chi connectivity index (χ0n) is 12.7. The van der Waals surface area contributed by atoms with Gasteiger partial charge < -0.3 is 10.6 Å². The Kier molecular flexibility index (Phi) is 6.83. The fourth-order valence-electron chi connectivity index (χ4n) is 2.07. The van der Waals surface area contributed by atoms with E-state index in [2.05, 4.69) is 18.8 Å². The van der Waals surface area contributed by atoms with Crippen molar-refractivity contribution in [2.45, 2.75) is 33.6 Å². The summed E-state index contributed by atoms with van der Waals surface area (Å²) in [7, 11) is 0. The summed E-state index contributed by atoms with van der Waals surface area (Å²) in [6, 6.07) is 5.69. The molecule has 1 aromatic rings. The van der Waals surface area contributed by atoms with Crippen LogP contribution < -0.4 is 5.73 Å². The molecular formula is C17H24N2O. The molecule has 2 N–H and O–H groups in total. The molecule has 1 amide bonds. The highest BCUT2D eigenvalue weighted by Gasteiger charge is 2.16. The first-order valence-corrected chi connectivity index (χ1v) is 7.23. The van der Waals surface area contributed by atoms with Crippen molar-refractivity contribution in [1.29, 1.82) is 0 Å². The van der Waals surface area contributed by atoms with Gasteiger partial charge in [-0.05, 0) is 38.0 Å². The van der Waals surface area contributed by atoms with E-state index in [-0.39, 0.29) is 5.91 Å². The molecule has 0 unspecified atom stereocenters. The number of nitrogens with zero attached hydrogens (tertiary/aromatic N) is 1. The third-order valence-electron chi connectivity index (χ3n) is 3.34. The third-order valence-corrected chi connectivity index (χ3v) is 3.34. The van der Waals surface area contributed by atoms with Gasteiger partial charge >= 0.3 is 0 Å². The van der Waals surface area contributed by atoms with E-state index in [1.165, 1.54) is 0 Å². The lowest BCUT2D eigenvalue weighted by Gasteiger charge is -2.22. The lowest BCUT2D eigenvalue weighted by atomic mass is 10.0. The van der Waals surface area contributed by atoms with Crippen LogP contribution in [0.5, 0.6) is 0 Å². The predicted molar refractivity (Wildman–Crippen MR) is 83.6 cm³/mol. The van der Waals surface area contributed by atoms with E-state index in [1.807, 2.05) is 36.9 Å². The first-order valence-electron chi connectivity index (χ1n) is 7.23. The molecule has 0 saturated carbocycles. The summed E-state index contributed by atoms with van der Waals surface area (Å²) >= 11 is 0. The Hall–Kier alpha value is -1.79. The van der Waals surface area contributed by atoms with Gasteiger partial charge in [-0.25, -0.2) is 0 Å². The molecule has 0 aliphatic heterocycles. The van der Waals surface area contributed by atoms with Gasteiger partial charge in [0.05, 0.1) is 6.54 Å². The molecule has 1 aromatic carbocycles. The van der Waals surface area contributed by atoms with Crippen molar-refractivity contribution in [3.8, 4) is 11.8 Å². The summed E-state index contributed by atoms with van der Waals surface area (Å²) in [6.45, 7) is 7.96. The molecule has 0 spiro atoms. The second-order valence-electron chi connectivity index (χ2n) is 4.72. The number of unbranched alkanes of at least 4 members (excludes halogenated alkanes) is 1. The summed E-state index contributed by atoms with van der Waals surface area (Å²) in [5, 5.41) is 0. The van der Waals surface area contributed by atoms with E-state index in [4.69, 9.17) is 5.73 Å². The van der Waals surface area contributed by atoms with E-state index in [0.717, 1.165) is 42.6 Å². The summed E-state index contributed by atoms with van der Waals surface area (Å²) in [6.07, 6.45) is 2.12. The highest BCUT2D eigenvalue weighted by Crippen LogP contribution is 2.15. The SMILES string of the molecule is CCCCN(CC)C(=O)c1cccc(C#CCN)c1C. The Labute approximate surface area is 122 Å². The number of amides is 1. The van der Waals surface area contributed by atoms with Gasteiger partial charge in [0.2, 0.25) is 0 Å². The van der Waals surface area contributed by atoms with Crippen LogP contribution in [0, 0.1) is 18.8 Å². The number of nitrogens with two attached hydrogens (primary N) is 1. The Balaban J connectivity index is 3.03.